The van der Waals surface area contributed by atoms with Crippen LogP contribution in [0.5, 0.6) is 0 Å². The second kappa shape index (κ2) is 10.1. The number of alkyl carbamates (subject to hydrolysis) is 1. The Morgan fingerprint density at radius 3 is 2.61 bits per heavy atom. The molecule has 10 nitrogen and oxygen atoms in total. The number of aliphatic hydroxyl groups excluding tert-OH is 1. The van der Waals surface area contributed by atoms with Crippen LogP contribution in [0.4, 0.5) is 15.5 Å². The minimum absolute atomic E-state index is 0.0552. The Hall–Kier alpha value is -2.62. The Balaban J connectivity index is 1.98. The highest BCUT2D eigenvalue weighted by Gasteiger charge is 2.42. The number of nitrogens with zero attached hydrogens (tertiary/aromatic N) is 1. The maximum atomic E-state index is 12.6. The number of aryl methyl sites for hydroxylation is 1. The first-order valence-electron chi connectivity index (χ1n) is 11.4. The van der Waals surface area contributed by atoms with Crippen LogP contribution in [0.25, 0.3) is 0 Å². The number of hydrogen-bond acceptors (Lipinski definition) is 6. The van der Waals surface area contributed by atoms with Gasteiger partial charge < -0.3 is 25.5 Å². The molecule has 1 aromatic rings. The van der Waals surface area contributed by atoms with Gasteiger partial charge in [0.2, 0.25) is 5.95 Å². The number of H-pyrrole nitrogens is 1. The van der Waals surface area contributed by atoms with Gasteiger partial charge in [0, 0.05) is 36.9 Å². The van der Waals surface area contributed by atoms with Crippen molar-refractivity contribution in [2.75, 3.05) is 18.5 Å². The zero-order valence-electron chi connectivity index (χ0n) is 20.8. The van der Waals surface area contributed by atoms with Crippen LogP contribution in [0.15, 0.2) is 10.9 Å². The fraction of sp³-hybridized carbons (Fsp3) is 0.739. The molecular weight excluding hydrogens is 426 g/mol. The zero-order chi connectivity index (χ0) is 25.0. The van der Waals surface area contributed by atoms with Crippen molar-refractivity contribution in [1.29, 1.82) is 0 Å². The zero-order valence-corrected chi connectivity index (χ0v) is 20.8. The quantitative estimate of drug-likeness (QED) is 0.419. The van der Waals surface area contributed by atoms with E-state index in [1.165, 1.54) is 6.07 Å². The average Bonchev–Trinajstić information content (AvgIpc) is 2.62. The van der Waals surface area contributed by atoms with Crippen molar-refractivity contribution >= 4 is 18.1 Å². The summed E-state index contributed by atoms with van der Waals surface area (Å²) in [5.74, 6) is -0.106. The summed E-state index contributed by atoms with van der Waals surface area (Å²) in [6, 6.07) is 0.765. The maximum absolute atomic E-state index is 12.6. The molecule has 0 bridgehead atoms. The first-order valence-corrected chi connectivity index (χ1v) is 11.4. The molecule has 3 amide bonds. The number of ether oxygens (including phenoxy) is 1. The number of hydrogen-bond donors (Lipinski definition) is 5. The lowest BCUT2D eigenvalue weighted by molar-refractivity contribution is -0.0226. The summed E-state index contributed by atoms with van der Waals surface area (Å²) in [4.78, 5) is 43.1. The summed E-state index contributed by atoms with van der Waals surface area (Å²) < 4.78 is 5.59. The van der Waals surface area contributed by atoms with E-state index in [1.807, 2.05) is 6.92 Å². The third-order valence-corrected chi connectivity index (χ3v) is 6.37. The summed E-state index contributed by atoms with van der Waals surface area (Å²) in [7, 11) is 0. The Kier molecular flexibility index (Phi) is 8.16. The van der Waals surface area contributed by atoms with Gasteiger partial charge in [-0.1, -0.05) is 27.7 Å². The van der Waals surface area contributed by atoms with Crippen molar-refractivity contribution < 1.29 is 19.4 Å². The minimum Gasteiger partial charge on any atom is -0.443 e. The van der Waals surface area contributed by atoms with Crippen LogP contribution >= 0.6 is 0 Å². The van der Waals surface area contributed by atoms with Gasteiger partial charge in [0.05, 0.1) is 0 Å². The molecule has 10 heteroatoms. The van der Waals surface area contributed by atoms with Crippen LogP contribution in [-0.2, 0) is 4.74 Å². The van der Waals surface area contributed by atoms with E-state index in [4.69, 9.17) is 4.74 Å². The molecule has 186 valence electrons. The van der Waals surface area contributed by atoms with E-state index in [2.05, 4.69) is 46.7 Å². The summed E-state index contributed by atoms with van der Waals surface area (Å²) >= 11 is 0. The van der Waals surface area contributed by atoms with Gasteiger partial charge in [0.1, 0.15) is 5.60 Å². The Labute approximate surface area is 195 Å². The number of nitrogens with one attached hydrogen (secondary N) is 4. The second-order valence-electron chi connectivity index (χ2n) is 11.0. The van der Waals surface area contributed by atoms with Crippen molar-refractivity contribution in [2.24, 2.45) is 16.7 Å². The molecule has 33 heavy (non-hydrogen) atoms. The number of aromatic nitrogens is 2. The van der Waals surface area contributed by atoms with Crippen LogP contribution in [0.2, 0.25) is 0 Å². The lowest BCUT2D eigenvalue weighted by atomic mass is 9.62. The third kappa shape index (κ3) is 8.03. The fourth-order valence-electron chi connectivity index (χ4n) is 4.71. The molecule has 5 N–H and O–H groups in total. The first kappa shape index (κ1) is 26.6. The van der Waals surface area contributed by atoms with Crippen LogP contribution in [0.3, 0.4) is 0 Å². The molecule has 0 spiro atoms. The minimum atomic E-state index is -0.795. The molecule has 1 saturated carbocycles. The number of aromatic amines is 1. The molecular formula is C23H39N5O5. The lowest BCUT2D eigenvalue weighted by Gasteiger charge is -2.47. The van der Waals surface area contributed by atoms with Gasteiger partial charge >= 0.3 is 12.1 Å². The SMILES string of the molecule is Cc1cc(=O)nc(NC(=O)NCC2(C)CC(NC(=O)OC(C)(C)C(C)CO)CC(C)(C)C2)[nH]1. The molecule has 3 unspecified atom stereocenters. The van der Waals surface area contributed by atoms with E-state index in [0.29, 0.717) is 18.7 Å². The molecule has 0 saturated heterocycles. The van der Waals surface area contributed by atoms with E-state index in [9.17, 15) is 19.5 Å². The van der Waals surface area contributed by atoms with Gasteiger partial charge in [-0.2, -0.15) is 4.98 Å². The van der Waals surface area contributed by atoms with Gasteiger partial charge in [-0.25, -0.2) is 9.59 Å². The normalized spacial score (nSPS) is 23.3. The molecule has 0 aliphatic heterocycles. The van der Waals surface area contributed by atoms with Crippen LogP contribution in [0, 0.1) is 23.7 Å². The summed E-state index contributed by atoms with van der Waals surface area (Å²) in [6.45, 7) is 13.8. The molecule has 3 atom stereocenters. The standard InChI is InChI=1S/C23H39N5O5/c1-14(11-29)22(5,6)33-20(32)26-16-9-21(3,4)12-23(7,10-16)13-24-19(31)28-18-25-15(2)8-17(30)27-18/h8,14,16,29H,9-13H2,1-7H3,(H,26,32)(H3,24,25,27,28,30,31). The van der Waals surface area contributed by atoms with Crippen LogP contribution < -0.4 is 21.5 Å². The largest absolute Gasteiger partial charge is 0.443 e. The molecule has 1 aromatic heterocycles. The fourth-order valence-corrected chi connectivity index (χ4v) is 4.71. The van der Waals surface area contributed by atoms with Crippen LogP contribution in [-0.4, -0.2) is 52.0 Å². The second-order valence-corrected chi connectivity index (χ2v) is 11.0. The number of carbonyl (C=O) groups is 2. The molecule has 1 aliphatic rings. The smallest absolute Gasteiger partial charge is 0.407 e. The molecule has 1 heterocycles. The molecule has 0 radical (unpaired) electrons. The number of aliphatic hydroxyl groups is 1. The van der Waals surface area contributed by atoms with E-state index in [1.54, 1.807) is 20.8 Å². The maximum Gasteiger partial charge on any atom is 0.407 e. The van der Waals surface area contributed by atoms with Gasteiger partial charge in [0.25, 0.3) is 5.56 Å². The van der Waals surface area contributed by atoms with E-state index >= 15 is 0 Å². The van der Waals surface area contributed by atoms with Gasteiger partial charge in [0.15, 0.2) is 0 Å². The first-order chi connectivity index (χ1) is 15.1. The van der Waals surface area contributed by atoms with Crippen molar-refractivity contribution in [3.05, 3.63) is 22.1 Å². The summed E-state index contributed by atoms with van der Waals surface area (Å²) in [6.07, 6.45) is 1.81. The highest BCUT2D eigenvalue weighted by atomic mass is 16.6. The number of anilines is 1. The Morgan fingerprint density at radius 2 is 2.00 bits per heavy atom. The topological polar surface area (TPSA) is 145 Å². The lowest BCUT2D eigenvalue weighted by Crippen LogP contribution is -2.52. The monoisotopic (exact) mass is 465 g/mol. The average molecular weight is 466 g/mol. The summed E-state index contributed by atoms with van der Waals surface area (Å²) in [5.41, 5.74) is -0.946. The van der Waals surface area contributed by atoms with Crippen molar-refractivity contribution in [3.63, 3.8) is 0 Å². The molecule has 1 aliphatic carbocycles. The van der Waals surface area contributed by atoms with Crippen LogP contribution in [0.1, 0.15) is 66.5 Å². The molecule has 1 fully saturated rings. The highest BCUT2D eigenvalue weighted by Crippen LogP contribution is 2.45. The number of urea groups is 1. The number of amides is 3. The molecule has 2 rings (SSSR count). The third-order valence-electron chi connectivity index (χ3n) is 6.37. The number of carbonyl (C=O) groups excluding carboxylic acids is 2. The summed E-state index contributed by atoms with van der Waals surface area (Å²) in [5, 5.41) is 17.8. The Morgan fingerprint density at radius 1 is 1.33 bits per heavy atom. The van der Waals surface area contributed by atoms with E-state index < -0.39 is 23.3 Å². The van der Waals surface area contributed by atoms with Gasteiger partial charge in [-0.05, 0) is 50.9 Å². The predicted octanol–water partition coefficient (Wildman–Crippen LogP) is 2.92. The van der Waals surface area contributed by atoms with Gasteiger partial charge in [-0.3, -0.25) is 10.1 Å². The van der Waals surface area contributed by atoms with Crippen molar-refractivity contribution in [1.82, 2.24) is 20.6 Å². The van der Waals surface area contributed by atoms with E-state index in [-0.39, 0.29) is 35.3 Å². The van der Waals surface area contributed by atoms with E-state index in [0.717, 1.165) is 12.8 Å². The molecule has 0 aromatic carbocycles. The van der Waals surface area contributed by atoms with Gasteiger partial charge in [-0.15, -0.1) is 0 Å². The van der Waals surface area contributed by atoms with Crippen molar-refractivity contribution in [3.8, 4) is 0 Å². The number of rotatable bonds is 7. The predicted molar refractivity (Wildman–Crippen MR) is 126 cm³/mol. The van der Waals surface area contributed by atoms with Crippen molar-refractivity contribution in [2.45, 2.75) is 79.4 Å². The Bertz CT molecular complexity index is 913. The highest BCUT2D eigenvalue weighted by molar-refractivity contribution is 5.87.